The quantitative estimate of drug-likeness (QED) is 0.487. The number of benzene rings is 3. The summed E-state index contributed by atoms with van der Waals surface area (Å²) in [6, 6.07) is 26.1. The Kier molecular flexibility index (Phi) is 6.69. The molecule has 3 rings (SSSR count). The van der Waals surface area contributed by atoms with E-state index in [4.69, 9.17) is 5.73 Å². The highest BCUT2D eigenvalue weighted by Gasteiger charge is 2.38. The second kappa shape index (κ2) is 9.22. The number of hydrogen-bond donors (Lipinski definition) is 2. The Morgan fingerprint density at radius 2 is 1.38 bits per heavy atom. The van der Waals surface area contributed by atoms with Crippen LogP contribution in [0.4, 0.5) is 0 Å². The van der Waals surface area contributed by atoms with Crippen molar-refractivity contribution in [3.8, 4) is 0 Å². The fourth-order valence-electron chi connectivity index (χ4n) is 3.35. The molecule has 29 heavy (non-hydrogen) atoms. The van der Waals surface area contributed by atoms with Gasteiger partial charge >= 0.3 is 0 Å². The average molecular weight is 498 g/mol. The smallest absolute Gasteiger partial charge is 0.240 e. The van der Waals surface area contributed by atoms with Gasteiger partial charge in [-0.1, -0.05) is 72.8 Å². The van der Waals surface area contributed by atoms with E-state index in [0.717, 1.165) is 20.3 Å². The van der Waals surface area contributed by atoms with Gasteiger partial charge in [-0.05, 0) is 58.3 Å². The van der Waals surface area contributed by atoms with Crippen LogP contribution < -0.4 is 11.1 Å². The van der Waals surface area contributed by atoms with Crippen molar-refractivity contribution in [3.05, 3.63) is 105 Å². The number of nitrogens with two attached hydrogens (primary N) is 1. The summed E-state index contributed by atoms with van der Waals surface area (Å²) in [6.45, 7) is 1.87. The third-order valence-electron chi connectivity index (χ3n) is 5.16. The second-order valence-electron chi connectivity index (χ2n) is 7.12. The van der Waals surface area contributed by atoms with E-state index in [1.54, 1.807) is 0 Å². The van der Waals surface area contributed by atoms with Crippen molar-refractivity contribution in [3.63, 3.8) is 0 Å². The lowest BCUT2D eigenvalue weighted by Gasteiger charge is -2.31. The molecule has 0 aliphatic heterocycles. The first-order valence-electron chi connectivity index (χ1n) is 9.37. The van der Waals surface area contributed by atoms with Gasteiger partial charge in [0.2, 0.25) is 11.8 Å². The minimum Gasteiger partial charge on any atom is -0.368 e. The third kappa shape index (κ3) is 4.85. The van der Waals surface area contributed by atoms with Crippen molar-refractivity contribution in [2.24, 2.45) is 5.73 Å². The number of amides is 2. The minimum atomic E-state index is -0.956. The molecule has 5 heteroatoms. The normalized spacial score (nSPS) is 12.2. The lowest BCUT2D eigenvalue weighted by Crippen LogP contribution is -2.52. The predicted octanol–water partition coefficient (Wildman–Crippen LogP) is 3.81. The van der Waals surface area contributed by atoms with Gasteiger partial charge in [-0.3, -0.25) is 9.59 Å². The van der Waals surface area contributed by atoms with Crippen molar-refractivity contribution in [2.45, 2.75) is 24.8 Å². The molecule has 0 radical (unpaired) electrons. The predicted molar refractivity (Wildman–Crippen MR) is 123 cm³/mol. The van der Waals surface area contributed by atoms with Crippen LogP contribution in [0.2, 0.25) is 0 Å². The molecule has 3 aromatic rings. The number of primary amides is 1. The highest BCUT2D eigenvalue weighted by molar-refractivity contribution is 14.1. The summed E-state index contributed by atoms with van der Waals surface area (Å²) >= 11 is 2.23. The molecule has 0 fully saturated rings. The van der Waals surface area contributed by atoms with Gasteiger partial charge in [0.15, 0.2) is 0 Å². The average Bonchev–Trinajstić information content (AvgIpc) is 2.75. The van der Waals surface area contributed by atoms with Gasteiger partial charge in [-0.15, -0.1) is 0 Å². The maximum atomic E-state index is 13.5. The van der Waals surface area contributed by atoms with Gasteiger partial charge in [0, 0.05) is 9.99 Å². The summed E-state index contributed by atoms with van der Waals surface area (Å²) in [7, 11) is 0. The van der Waals surface area contributed by atoms with Crippen LogP contribution in [0, 0.1) is 3.57 Å². The summed E-state index contributed by atoms with van der Waals surface area (Å²) in [6.07, 6.45) is 0.345. The van der Waals surface area contributed by atoms with E-state index in [-0.39, 0.29) is 5.91 Å². The molecule has 1 atom stereocenters. The monoisotopic (exact) mass is 498 g/mol. The second-order valence-corrected chi connectivity index (χ2v) is 8.36. The van der Waals surface area contributed by atoms with Crippen LogP contribution in [0.25, 0.3) is 0 Å². The van der Waals surface area contributed by atoms with Gasteiger partial charge in [0.25, 0.3) is 0 Å². The van der Waals surface area contributed by atoms with E-state index >= 15 is 0 Å². The summed E-state index contributed by atoms with van der Waals surface area (Å²) in [5.41, 5.74) is 7.31. The SMILES string of the molecule is CC(C(=O)N[C@H](Cc1ccc(I)cc1)C(N)=O)(c1ccccc1)c1ccccc1. The number of nitrogens with one attached hydrogen (secondary N) is 1. The Morgan fingerprint density at radius 1 is 0.897 bits per heavy atom. The lowest BCUT2D eigenvalue weighted by molar-refractivity contribution is -0.129. The molecule has 2 amide bonds. The molecule has 0 aromatic heterocycles. The maximum absolute atomic E-state index is 13.5. The lowest BCUT2D eigenvalue weighted by atomic mass is 9.75. The Labute approximate surface area is 184 Å². The van der Waals surface area contributed by atoms with Gasteiger partial charge in [-0.2, -0.15) is 0 Å². The van der Waals surface area contributed by atoms with E-state index in [1.165, 1.54) is 0 Å². The molecular weight excluding hydrogens is 475 g/mol. The van der Waals surface area contributed by atoms with Crippen molar-refractivity contribution in [1.29, 1.82) is 0 Å². The van der Waals surface area contributed by atoms with Gasteiger partial charge in [0.1, 0.15) is 6.04 Å². The van der Waals surface area contributed by atoms with Crippen LogP contribution in [0.3, 0.4) is 0 Å². The van der Waals surface area contributed by atoms with Gasteiger partial charge in [0.05, 0.1) is 5.41 Å². The topological polar surface area (TPSA) is 72.2 Å². The Bertz CT molecular complexity index is 933. The fraction of sp³-hybridized carbons (Fsp3) is 0.167. The molecule has 3 aromatic carbocycles. The Morgan fingerprint density at radius 3 is 1.83 bits per heavy atom. The Balaban J connectivity index is 1.92. The minimum absolute atomic E-state index is 0.260. The number of carbonyl (C=O) groups excluding carboxylic acids is 2. The molecule has 0 unspecified atom stereocenters. The highest BCUT2D eigenvalue weighted by atomic mass is 127. The first kappa shape index (κ1) is 21.0. The van der Waals surface area contributed by atoms with Crippen molar-refractivity contribution in [2.75, 3.05) is 0 Å². The standard InChI is InChI=1S/C24H23IN2O2/c1-24(18-8-4-2-5-9-18,19-10-6-3-7-11-19)23(29)27-21(22(26)28)16-17-12-14-20(25)15-13-17/h2-15,21H,16H2,1H3,(H2,26,28)(H,27,29)/t21-/m1/s1. The molecule has 4 nitrogen and oxygen atoms in total. The van der Waals surface area contributed by atoms with E-state index in [9.17, 15) is 9.59 Å². The van der Waals surface area contributed by atoms with Gasteiger partial charge < -0.3 is 11.1 Å². The fourth-order valence-corrected chi connectivity index (χ4v) is 3.71. The first-order valence-corrected chi connectivity index (χ1v) is 10.4. The summed E-state index contributed by atoms with van der Waals surface area (Å²) in [4.78, 5) is 25.6. The van der Waals surface area contributed by atoms with Crippen LogP contribution >= 0.6 is 22.6 Å². The van der Waals surface area contributed by atoms with Crippen molar-refractivity contribution >= 4 is 34.4 Å². The van der Waals surface area contributed by atoms with Crippen LogP contribution in [0.15, 0.2) is 84.9 Å². The van der Waals surface area contributed by atoms with Crippen LogP contribution in [0.1, 0.15) is 23.6 Å². The van der Waals surface area contributed by atoms with Crippen LogP contribution in [-0.2, 0) is 21.4 Å². The highest BCUT2D eigenvalue weighted by Crippen LogP contribution is 2.32. The number of halogens is 1. The first-order chi connectivity index (χ1) is 13.9. The van der Waals surface area contributed by atoms with E-state index in [0.29, 0.717) is 6.42 Å². The zero-order valence-electron chi connectivity index (χ0n) is 16.1. The molecule has 0 heterocycles. The molecule has 148 valence electrons. The summed E-state index contributed by atoms with van der Waals surface area (Å²) in [5.74, 6) is -0.815. The summed E-state index contributed by atoms with van der Waals surface area (Å²) < 4.78 is 1.10. The molecule has 0 aliphatic rings. The third-order valence-corrected chi connectivity index (χ3v) is 5.88. The molecule has 0 bridgehead atoms. The van der Waals surface area contributed by atoms with Crippen molar-refractivity contribution in [1.82, 2.24) is 5.32 Å². The van der Waals surface area contributed by atoms with E-state index in [1.807, 2.05) is 91.9 Å². The van der Waals surface area contributed by atoms with Gasteiger partial charge in [-0.25, -0.2) is 0 Å². The molecule has 3 N–H and O–H groups in total. The summed E-state index contributed by atoms with van der Waals surface area (Å²) in [5, 5.41) is 2.90. The zero-order valence-corrected chi connectivity index (χ0v) is 18.3. The molecule has 0 saturated carbocycles. The molecule has 0 saturated heterocycles. The Hall–Kier alpha value is -2.67. The molecular formula is C24H23IN2O2. The maximum Gasteiger partial charge on any atom is 0.240 e. The number of rotatable bonds is 7. The largest absolute Gasteiger partial charge is 0.368 e. The van der Waals surface area contributed by atoms with Crippen LogP contribution in [0.5, 0.6) is 0 Å². The number of carbonyl (C=O) groups is 2. The van der Waals surface area contributed by atoms with E-state index < -0.39 is 17.4 Å². The number of hydrogen-bond acceptors (Lipinski definition) is 2. The molecule has 0 spiro atoms. The van der Waals surface area contributed by atoms with Crippen molar-refractivity contribution < 1.29 is 9.59 Å². The molecule has 0 aliphatic carbocycles. The van der Waals surface area contributed by atoms with Crippen LogP contribution in [-0.4, -0.2) is 17.9 Å². The van der Waals surface area contributed by atoms with E-state index in [2.05, 4.69) is 27.9 Å². The zero-order chi connectivity index (χ0) is 20.9.